The second-order valence-electron chi connectivity index (χ2n) is 5.36. The van der Waals surface area contributed by atoms with Crippen molar-refractivity contribution in [2.75, 3.05) is 7.05 Å². The van der Waals surface area contributed by atoms with E-state index in [1.165, 1.54) is 32.1 Å². The van der Waals surface area contributed by atoms with E-state index in [2.05, 4.69) is 52.2 Å². The summed E-state index contributed by atoms with van der Waals surface area (Å²) in [5.74, 6) is 1.54. The summed E-state index contributed by atoms with van der Waals surface area (Å²) >= 11 is 0. The van der Waals surface area contributed by atoms with Crippen molar-refractivity contribution in [2.24, 2.45) is 11.8 Å². The molecule has 96 valence electrons. The Balaban J connectivity index is 3.74. The van der Waals surface area contributed by atoms with E-state index in [0.29, 0.717) is 12.0 Å². The molecule has 0 aliphatic heterocycles. The summed E-state index contributed by atoms with van der Waals surface area (Å²) in [5, 5.41) is 3.45. The Hall–Kier alpha value is -0.300. The van der Waals surface area contributed by atoms with Gasteiger partial charge >= 0.3 is 0 Å². The molecule has 1 heteroatoms. The number of hydrogen-bond acceptors (Lipinski definition) is 1. The largest absolute Gasteiger partial charge is 0.317 e. The van der Waals surface area contributed by atoms with E-state index in [0.717, 1.165) is 5.92 Å². The van der Waals surface area contributed by atoms with Crippen LogP contribution < -0.4 is 5.32 Å². The van der Waals surface area contributed by atoms with E-state index < -0.39 is 0 Å². The number of nitrogens with one attached hydrogen (secondary N) is 1. The Bertz CT molecular complexity index is 172. The minimum atomic E-state index is 0.687. The van der Waals surface area contributed by atoms with Crippen molar-refractivity contribution < 1.29 is 0 Å². The van der Waals surface area contributed by atoms with Crippen LogP contribution in [0, 0.1) is 11.8 Å². The van der Waals surface area contributed by atoms with E-state index >= 15 is 0 Å². The third-order valence-corrected chi connectivity index (χ3v) is 3.08. The van der Waals surface area contributed by atoms with Gasteiger partial charge in [-0.1, -0.05) is 52.7 Å². The fourth-order valence-electron chi connectivity index (χ4n) is 2.14. The van der Waals surface area contributed by atoms with Crippen LogP contribution in [0.3, 0.4) is 0 Å². The summed E-state index contributed by atoms with van der Waals surface area (Å²) in [7, 11) is 2.09. The summed E-state index contributed by atoms with van der Waals surface area (Å²) in [4.78, 5) is 0. The van der Waals surface area contributed by atoms with Gasteiger partial charge in [-0.3, -0.25) is 0 Å². The summed E-state index contributed by atoms with van der Waals surface area (Å²) < 4.78 is 0. The van der Waals surface area contributed by atoms with Crippen molar-refractivity contribution in [3.8, 4) is 0 Å². The quantitative estimate of drug-likeness (QED) is 0.574. The molecule has 2 atom stereocenters. The average molecular weight is 225 g/mol. The third kappa shape index (κ3) is 8.96. The van der Waals surface area contributed by atoms with E-state index in [4.69, 9.17) is 0 Å². The van der Waals surface area contributed by atoms with Crippen molar-refractivity contribution in [1.29, 1.82) is 0 Å². The number of hydrogen-bond donors (Lipinski definition) is 1. The van der Waals surface area contributed by atoms with Gasteiger partial charge in [0.1, 0.15) is 0 Å². The molecule has 0 fully saturated rings. The lowest BCUT2D eigenvalue weighted by Gasteiger charge is -2.19. The van der Waals surface area contributed by atoms with Crippen LogP contribution in [0.4, 0.5) is 0 Å². The first-order valence-corrected chi connectivity index (χ1v) is 6.94. The van der Waals surface area contributed by atoms with Gasteiger partial charge in [-0.15, -0.1) is 0 Å². The van der Waals surface area contributed by atoms with Crippen molar-refractivity contribution in [3.63, 3.8) is 0 Å². The highest BCUT2D eigenvalue weighted by Crippen LogP contribution is 2.15. The third-order valence-electron chi connectivity index (χ3n) is 3.08. The highest BCUT2D eigenvalue weighted by atomic mass is 14.9. The SMILES string of the molecule is CCC[C@@H](C)CC(CC/C=C/C(C)C)NC. The molecule has 1 nitrogen and oxygen atoms in total. The number of allylic oxidation sites excluding steroid dienone is 2. The second kappa shape index (κ2) is 9.89. The molecule has 0 aromatic rings. The first-order valence-electron chi connectivity index (χ1n) is 6.94. The maximum absolute atomic E-state index is 3.45. The summed E-state index contributed by atoms with van der Waals surface area (Å²) in [6.07, 6.45) is 11.1. The Labute approximate surface area is 103 Å². The van der Waals surface area contributed by atoms with Crippen LogP contribution in [0.5, 0.6) is 0 Å². The van der Waals surface area contributed by atoms with E-state index in [-0.39, 0.29) is 0 Å². The predicted octanol–water partition coefficient (Wildman–Crippen LogP) is 4.39. The highest BCUT2D eigenvalue weighted by Gasteiger charge is 2.09. The van der Waals surface area contributed by atoms with Crippen molar-refractivity contribution >= 4 is 0 Å². The Morgan fingerprint density at radius 1 is 1.12 bits per heavy atom. The van der Waals surface area contributed by atoms with Gasteiger partial charge in [-0.25, -0.2) is 0 Å². The Kier molecular flexibility index (Phi) is 9.71. The molecule has 0 radical (unpaired) electrons. The number of rotatable bonds is 9. The molecule has 1 unspecified atom stereocenters. The molecule has 0 amide bonds. The van der Waals surface area contributed by atoms with Gasteiger partial charge in [0.05, 0.1) is 0 Å². The van der Waals surface area contributed by atoms with Crippen LogP contribution in [-0.2, 0) is 0 Å². The van der Waals surface area contributed by atoms with Gasteiger partial charge in [0.15, 0.2) is 0 Å². The molecule has 0 aliphatic rings. The lowest BCUT2D eigenvalue weighted by atomic mass is 9.94. The van der Waals surface area contributed by atoms with Gasteiger partial charge in [-0.05, 0) is 38.1 Å². The minimum absolute atomic E-state index is 0.687. The fraction of sp³-hybridized carbons (Fsp3) is 0.867. The van der Waals surface area contributed by atoms with Crippen LogP contribution >= 0.6 is 0 Å². The van der Waals surface area contributed by atoms with E-state index in [1.54, 1.807) is 0 Å². The summed E-state index contributed by atoms with van der Waals surface area (Å²) in [6.45, 7) is 9.11. The van der Waals surface area contributed by atoms with Crippen LogP contribution in [0.15, 0.2) is 12.2 Å². The van der Waals surface area contributed by atoms with E-state index in [9.17, 15) is 0 Å². The normalized spacial score (nSPS) is 15.9. The summed E-state index contributed by atoms with van der Waals surface area (Å²) in [5.41, 5.74) is 0. The van der Waals surface area contributed by atoms with Gasteiger partial charge in [0, 0.05) is 6.04 Å². The van der Waals surface area contributed by atoms with Gasteiger partial charge < -0.3 is 5.32 Å². The molecule has 0 saturated heterocycles. The standard InChI is InChI=1S/C15H31N/c1-6-9-14(4)12-15(16-5)11-8-7-10-13(2)3/h7,10,13-16H,6,8-9,11-12H2,1-5H3/b10-7+/t14-,15?/m1/s1. The molecule has 0 rings (SSSR count). The Morgan fingerprint density at radius 3 is 2.31 bits per heavy atom. The molecule has 0 bridgehead atoms. The minimum Gasteiger partial charge on any atom is -0.317 e. The topological polar surface area (TPSA) is 12.0 Å². The lowest BCUT2D eigenvalue weighted by Crippen LogP contribution is -2.27. The molecule has 0 aromatic heterocycles. The molecule has 0 aliphatic carbocycles. The summed E-state index contributed by atoms with van der Waals surface area (Å²) in [6, 6.07) is 0.693. The first kappa shape index (κ1) is 15.7. The van der Waals surface area contributed by atoms with Crippen molar-refractivity contribution in [1.82, 2.24) is 5.32 Å². The maximum Gasteiger partial charge on any atom is 0.00695 e. The molecular weight excluding hydrogens is 194 g/mol. The van der Waals surface area contributed by atoms with Crippen LogP contribution in [0.1, 0.15) is 59.8 Å². The lowest BCUT2D eigenvalue weighted by molar-refractivity contribution is 0.385. The predicted molar refractivity (Wildman–Crippen MR) is 74.7 cm³/mol. The maximum atomic E-state index is 3.45. The zero-order chi connectivity index (χ0) is 12.4. The molecule has 0 aromatic carbocycles. The van der Waals surface area contributed by atoms with Gasteiger partial charge in [0.25, 0.3) is 0 Å². The Morgan fingerprint density at radius 2 is 1.81 bits per heavy atom. The monoisotopic (exact) mass is 225 g/mol. The second-order valence-corrected chi connectivity index (χ2v) is 5.36. The van der Waals surface area contributed by atoms with E-state index in [1.807, 2.05) is 0 Å². The smallest absolute Gasteiger partial charge is 0.00695 e. The zero-order valence-corrected chi connectivity index (χ0v) is 11.9. The average Bonchev–Trinajstić information content (AvgIpc) is 2.22. The molecule has 16 heavy (non-hydrogen) atoms. The van der Waals surface area contributed by atoms with Crippen LogP contribution in [-0.4, -0.2) is 13.1 Å². The highest BCUT2D eigenvalue weighted by molar-refractivity contribution is 4.85. The molecule has 0 saturated carbocycles. The van der Waals surface area contributed by atoms with Crippen molar-refractivity contribution in [3.05, 3.63) is 12.2 Å². The molecule has 1 N–H and O–H groups in total. The first-order chi connectivity index (χ1) is 7.60. The zero-order valence-electron chi connectivity index (χ0n) is 11.9. The molecule has 0 heterocycles. The molecule has 0 spiro atoms. The van der Waals surface area contributed by atoms with Crippen molar-refractivity contribution in [2.45, 2.75) is 65.8 Å². The van der Waals surface area contributed by atoms with Crippen LogP contribution in [0.25, 0.3) is 0 Å². The fourth-order valence-corrected chi connectivity index (χ4v) is 2.14. The van der Waals surface area contributed by atoms with Gasteiger partial charge in [0.2, 0.25) is 0 Å². The molecular formula is C15H31N. The van der Waals surface area contributed by atoms with Gasteiger partial charge in [-0.2, -0.15) is 0 Å². The van der Waals surface area contributed by atoms with Crippen LogP contribution in [0.2, 0.25) is 0 Å².